The Morgan fingerprint density at radius 3 is 2.29 bits per heavy atom. The minimum Gasteiger partial charge on any atom is -0.496 e. The van der Waals surface area contributed by atoms with Crippen molar-refractivity contribution in [1.29, 1.82) is 0 Å². The fraction of sp³-hybridized carbons (Fsp3) is 0.200. The van der Waals surface area contributed by atoms with Crippen LogP contribution in [0.3, 0.4) is 0 Å². The second kappa shape index (κ2) is 13.3. The molecule has 10 nitrogen and oxygen atoms in total. The standard InChI is InChI=1S/C21H23N3O3.C4H4O4/c1-14(20-23-13-18(24-20)16-7-5-4-6-8-16)22-12-15-9-10-19(26-2)17(11-15)21(25)27-3;5-3(6)1-2-4(7)8/h4-11,13-14,22H,12H2,1-3H3,(H,23,24);1-2H,(H,5,6)(H,7,8)/b;2-1-. The summed E-state index contributed by atoms with van der Waals surface area (Å²) in [5.41, 5.74) is 3.36. The van der Waals surface area contributed by atoms with Crippen molar-refractivity contribution in [2.45, 2.75) is 19.5 Å². The van der Waals surface area contributed by atoms with Crippen LogP contribution in [0, 0.1) is 0 Å². The maximum Gasteiger partial charge on any atom is 0.341 e. The normalized spacial score (nSPS) is 11.3. The zero-order valence-corrected chi connectivity index (χ0v) is 19.5. The van der Waals surface area contributed by atoms with Gasteiger partial charge >= 0.3 is 17.9 Å². The summed E-state index contributed by atoms with van der Waals surface area (Å²) in [4.78, 5) is 38.9. The molecular weight excluding hydrogens is 454 g/mol. The van der Waals surface area contributed by atoms with Crippen molar-refractivity contribution < 1.29 is 34.1 Å². The summed E-state index contributed by atoms with van der Waals surface area (Å²) in [6.07, 6.45) is 3.02. The first-order chi connectivity index (χ1) is 16.7. The van der Waals surface area contributed by atoms with E-state index < -0.39 is 17.9 Å². The maximum atomic E-state index is 11.9. The molecule has 1 heterocycles. The van der Waals surface area contributed by atoms with E-state index in [-0.39, 0.29) is 6.04 Å². The van der Waals surface area contributed by atoms with Crippen LogP contribution < -0.4 is 10.1 Å². The van der Waals surface area contributed by atoms with E-state index in [1.165, 1.54) is 14.2 Å². The molecule has 1 unspecified atom stereocenters. The number of carbonyl (C=O) groups is 3. The summed E-state index contributed by atoms with van der Waals surface area (Å²) >= 11 is 0. The molecule has 4 N–H and O–H groups in total. The Kier molecular flexibility index (Phi) is 10.2. The Labute approximate surface area is 202 Å². The lowest BCUT2D eigenvalue weighted by molar-refractivity contribution is -0.134. The van der Waals surface area contributed by atoms with E-state index in [1.807, 2.05) is 49.5 Å². The van der Waals surface area contributed by atoms with Gasteiger partial charge in [0.25, 0.3) is 0 Å². The predicted octanol–water partition coefficient (Wildman–Crippen LogP) is 3.43. The number of aromatic amines is 1. The second-order valence-corrected chi connectivity index (χ2v) is 7.18. The monoisotopic (exact) mass is 481 g/mol. The Morgan fingerprint density at radius 2 is 1.71 bits per heavy atom. The van der Waals surface area contributed by atoms with Crippen molar-refractivity contribution in [3.8, 4) is 17.0 Å². The minimum absolute atomic E-state index is 0.0196. The first kappa shape index (κ1) is 26.8. The highest BCUT2D eigenvalue weighted by Gasteiger charge is 2.15. The molecule has 35 heavy (non-hydrogen) atoms. The van der Waals surface area contributed by atoms with Crippen LogP contribution in [0.15, 0.2) is 66.9 Å². The lowest BCUT2D eigenvalue weighted by Gasteiger charge is -2.13. The van der Waals surface area contributed by atoms with Crippen LogP contribution in [-0.4, -0.2) is 52.3 Å². The van der Waals surface area contributed by atoms with Crippen LogP contribution in [-0.2, 0) is 20.9 Å². The van der Waals surface area contributed by atoms with Crippen LogP contribution in [0.2, 0.25) is 0 Å². The number of ether oxygens (including phenoxy) is 2. The number of benzene rings is 2. The number of hydrogen-bond donors (Lipinski definition) is 4. The number of carbonyl (C=O) groups excluding carboxylic acids is 1. The topological polar surface area (TPSA) is 151 Å². The molecule has 0 saturated carbocycles. The van der Waals surface area contributed by atoms with Gasteiger partial charge in [0.1, 0.15) is 17.1 Å². The minimum atomic E-state index is -1.26. The Hall–Kier alpha value is -4.44. The number of rotatable bonds is 9. The van der Waals surface area contributed by atoms with E-state index in [1.54, 1.807) is 12.1 Å². The van der Waals surface area contributed by atoms with Gasteiger partial charge in [0, 0.05) is 30.5 Å². The molecule has 3 aromatic rings. The molecule has 0 radical (unpaired) electrons. The van der Waals surface area contributed by atoms with Gasteiger partial charge in [0.2, 0.25) is 0 Å². The lowest BCUT2D eigenvalue weighted by Crippen LogP contribution is -2.19. The van der Waals surface area contributed by atoms with E-state index in [9.17, 15) is 14.4 Å². The molecule has 0 fully saturated rings. The number of aromatic nitrogens is 2. The smallest absolute Gasteiger partial charge is 0.341 e. The van der Waals surface area contributed by atoms with Gasteiger partial charge in [-0.25, -0.2) is 19.4 Å². The number of carboxylic acids is 2. The van der Waals surface area contributed by atoms with Crippen LogP contribution in [0.25, 0.3) is 11.3 Å². The summed E-state index contributed by atoms with van der Waals surface area (Å²) in [5.74, 6) is -1.58. The number of hydrogen-bond acceptors (Lipinski definition) is 7. The average Bonchev–Trinajstić information content (AvgIpc) is 3.37. The molecule has 3 rings (SSSR count). The van der Waals surface area contributed by atoms with E-state index in [4.69, 9.17) is 19.7 Å². The lowest BCUT2D eigenvalue weighted by atomic mass is 10.1. The summed E-state index contributed by atoms with van der Waals surface area (Å²) in [5, 5.41) is 19.0. The zero-order chi connectivity index (χ0) is 25.8. The third-order valence-corrected chi connectivity index (χ3v) is 4.73. The summed E-state index contributed by atoms with van der Waals surface area (Å²) in [6, 6.07) is 15.5. The summed E-state index contributed by atoms with van der Waals surface area (Å²) < 4.78 is 10.0. The number of H-pyrrole nitrogens is 1. The van der Waals surface area contributed by atoms with Crippen LogP contribution in [0.4, 0.5) is 0 Å². The molecule has 0 aliphatic rings. The van der Waals surface area contributed by atoms with E-state index in [0.717, 1.165) is 22.6 Å². The maximum absolute atomic E-state index is 11.9. The molecule has 0 spiro atoms. The van der Waals surface area contributed by atoms with Crippen molar-refractivity contribution in [2.24, 2.45) is 0 Å². The second-order valence-electron chi connectivity index (χ2n) is 7.18. The molecule has 0 aliphatic carbocycles. The average molecular weight is 482 g/mol. The fourth-order valence-corrected chi connectivity index (χ4v) is 2.96. The first-order valence-electron chi connectivity index (χ1n) is 10.5. The number of carboxylic acid groups (broad SMARTS) is 2. The van der Waals surface area contributed by atoms with Gasteiger partial charge in [-0.3, -0.25) is 0 Å². The highest BCUT2D eigenvalue weighted by molar-refractivity contribution is 5.92. The predicted molar refractivity (Wildman–Crippen MR) is 128 cm³/mol. The highest BCUT2D eigenvalue weighted by Crippen LogP contribution is 2.22. The Bertz CT molecular complexity index is 1160. The van der Waals surface area contributed by atoms with Crippen molar-refractivity contribution in [1.82, 2.24) is 15.3 Å². The number of nitrogens with zero attached hydrogens (tertiary/aromatic N) is 1. The first-order valence-corrected chi connectivity index (χ1v) is 10.5. The van der Waals surface area contributed by atoms with Gasteiger partial charge in [-0.2, -0.15) is 0 Å². The van der Waals surface area contributed by atoms with Crippen LogP contribution in [0.5, 0.6) is 5.75 Å². The van der Waals surface area contributed by atoms with Crippen LogP contribution >= 0.6 is 0 Å². The van der Waals surface area contributed by atoms with Crippen molar-refractivity contribution >= 4 is 17.9 Å². The molecule has 2 aromatic carbocycles. The molecular formula is C25H27N3O7. The molecule has 0 saturated heterocycles. The number of aliphatic carboxylic acids is 2. The fourth-order valence-electron chi connectivity index (χ4n) is 2.96. The molecule has 1 atom stereocenters. The largest absolute Gasteiger partial charge is 0.496 e. The van der Waals surface area contributed by atoms with E-state index in [0.29, 0.717) is 30.0 Å². The number of esters is 1. The van der Waals surface area contributed by atoms with Crippen molar-refractivity contribution in [2.75, 3.05) is 14.2 Å². The van der Waals surface area contributed by atoms with E-state index >= 15 is 0 Å². The molecule has 0 amide bonds. The number of nitrogens with one attached hydrogen (secondary N) is 2. The third-order valence-electron chi connectivity index (χ3n) is 4.73. The van der Waals surface area contributed by atoms with Gasteiger partial charge in [-0.05, 0) is 24.6 Å². The highest BCUT2D eigenvalue weighted by atomic mass is 16.5. The number of imidazole rings is 1. The van der Waals surface area contributed by atoms with Gasteiger partial charge in [0.15, 0.2) is 0 Å². The zero-order valence-electron chi connectivity index (χ0n) is 19.5. The van der Waals surface area contributed by atoms with Crippen molar-refractivity contribution in [3.63, 3.8) is 0 Å². The quantitative estimate of drug-likeness (QED) is 0.266. The van der Waals surface area contributed by atoms with Gasteiger partial charge < -0.3 is 30.0 Å². The van der Waals surface area contributed by atoms with Gasteiger partial charge in [-0.15, -0.1) is 0 Å². The third kappa shape index (κ3) is 8.45. The molecule has 0 bridgehead atoms. The SMILES string of the molecule is COC(=O)c1cc(CNC(C)c2nc(-c3ccccc3)c[nH]2)ccc1OC.O=C(O)/C=C\C(=O)O. The molecule has 0 aliphatic heterocycles. The van der Waals surface area contributed by atoms with Gasteiger partial charge in [0.05, 0.1) is 26.0 Å². The Balaban J connectivity index is 0.000000466. The summed E-state index contributed by atoms with van der Waals surface area (Å²) in [7, 11) is 2.89. The molecule has 10 heteroatoms. The molecule has 1 aromatic heterocycles. The number of methoxy groups -OCH3 is 2. The molecule has 184 valence electrons. The Morgan fingerprint density at radius 1 is 1.06 bits per heavy atom. The van der Waals surface area contributed by atoms with Crippen LogP contribution in [0.1, 0.15) is 34.7 Å². The van der Waals surface area contributed by atoms with Crippen molar-refractivity contribution in [3.05, 3.63) is 83.8 Å². The van der Waals surface area contributed by atoms with E-state index in [2.05, 4.69) is 15.3 Å². The van der Waals surface area contributed by atoms with Gasteiger partial charge in [-0.1, -0.05) is 36.4 Å². The summed E-state index contributed by atoms with van der Waals surface area (Å²) in [6.45, 7) is 2.62.